The molecule has 0 radical (unpaired) electrons. The number of aryl methyl sites for hydroxylation is 1. The van der Waals surface area contributed by atoms with Gasteiger partial charge in [-0.3, -0.25) is 4.79 Å². The first-order valence-corrected chi connectivity index (χ1v) is 8.53. The molecule has 24 heavy (non-hydrogen) atoms. The number of nitrogens with zero attached hydrogens (tertiary/aromatic N) is 2. The van der Waals surface area contributed by atoms with Crippen LogP contribution in [-0.4, -0.2) is 17.0 Å². The van der Waals surface area contributed by atoms with Gasteiger partial charge in [-0.05, 0) is 64.4 Å². The minimum absolute atomic E-state index is 0.125. The van der Waals surface area contributed by atoms with E-state index in [1.54, 1.807) is 0 Å². The van der Waals surface area contributed by atoms with Crippen molar-refractivity contribution in [3.05, 3.63) is 63.9 Å². The summed E-state index contributed by atoms with van der Waals surface area (Å²) in [6.07, 6.45) is 0. The topological polar surface area (TPSA) is 55.0 Å². The zero-order chi connectivity index (χ0) is 17.1. The molecule has 4 nitrogen and oxygen atoms in total. The minimum Gasteiger partial charge on any atom is -0.486 e. The predicted molar refractivity (Wildman–Crippen MR) is 101 cm³/mol. The number of rotatable bonds is 5. The van der Waals surface area contributed by atoms with Gasteiger partial charge >= 0.3 is 0 Å². The molecule has 5 heteroatoms. The number of Topliss-reactive ketones (excluding diaryl/α,β-unsaturated/α-hetero) is 1. The lowest BCUT2D eigenvalue weighted by atomic mass is 10.0. The number of hydrogen-bond acceptors (Lipinski definition) is 3. The van der Waals surface area contributed by atoms with Crippen molar-refractivity contribution in [2.45, 2.75) is 5.92 Å². The average Bonchev–Trinajstić information content (AvgIpc) is 2.92. The Kier molecular flexibility index (Phi) is 4.86. The van der Waals surface area contributed by atoms with E-state index in [-0.39, 0.29) is 12.4 Å². The van der Waals surface area contributed by atoms with E-state index in [0.717, 1.165) is 14.5 Å². The smallest absolute Gasteiger partial charge is 0.193 e. The fourth-order valence-electron chi connectivity index (χ4n) is 2.66. The van der Waals surface area contributed by atoms with E-state index in [0.29, 0.717) is 11.4 Å². The van der Waals surface area contributed by atoms with Crippen molar-refractivity contribution in [3.8, 4) is 11.8 Å². The monoisotopic (exact) mass is 430 g/mol. The summed E-state index contributed by atoms with van der Waals surface area (Å²) < 4.78 is 8.52. The van der Waals surface area contributed by atoms with Crippen LogP contribution < -0.4 is 4.74 Å². The molecule has 2 aromatic carbocycles. The summed E-state index contributed by atoms with van der Waals surface area (Å²) in [5.74, 6) is -0.467. The number of para-hydroxylation sites is 1. The minimum atomic E-state index is -0.841. The molecule has 0 aliphatic carbocycles. The van der Waals surface area contributed by atoms with Crippen LogP contribution in [0.4, 0.5) is 0 Å². The molecule has 0 fully saturated rings. The van der Waals surface area contributed by atoms with Crippen molar-refractivity contribution < 1.29 is 9.53 Å². The van der Waals surface area contributed by atoms with E-state index >= 15 is 0 Å². The maximum absolute atomic E-state index is 12.5. The van der Waals surface area contributed by atoms with Crippen LogP contribution in [0.15, 0.2) is 54.6 Å². The van der Waals surface area contributed by atoms with E-state index in [2.05, 4.69) is 28.7 Å². The lowest BCUT2D eigenvalue weighted by Crippen LogP contribution is -2.20. The van der Waals surface area contributed by atoms with Crippen molar-refractivity contribution in [2.24, 2.45) is 7.05 Å². The first-order valence-electron chi connectivity index (χ1n) is 7.45. The van der Waals surface area contributed by atoms with Gasteiger partial charge in [-0.2, -0.15) is 5.26 Å². The lowest BCUT2D eigenvalue weighted by Gasteiger charge is -2.11. The number of carbonyl (C=O) groups excluding carboxylic acids is 1. The SMILES string of the molecule is Cn1c(C(C#N)C(=O)COc2ccc(I)cc2)cc2ccccc21. The summed E-state index contributed by atoms with van der Waals surface area (Å²) in [5, 5.41) is 10.5. The fourth-order valence-corrected chi connectivity index (χ4v) is 3.02. The van der Waals surface area contributed by atoms with Gasteiger partial charge in [0.1, 0.15) is 18.3 Å². The highest BCUT2D eigenvalue weighted by Crippen LogP contribution is 2.25. The second-order valence-corrected chi connectivity index (χ2v) is 6.70. The molecular formula is C19H15IN2O2. The van der Waals surface area contributed by atoms with E-state index in [4.69, 9.17) is 4.74 Å². The number of ether oxygens (including phenoxy) is 1. The van der Waals surface area contributed by atoms with Crippen molar-refractivity contribution in [1.82, 2.24) is 4.57 Å². The van der Waals surface area contributed by atoms with Gasteiger partial charge in [-0.15, -0.1) is 0 Å². The first-order chi connectivity index (χ1) is 11.6. The molecule has 1 heterocycles. The van der Waals surface area contributed by atoms with Gasteiger partial charge in [-0.1, -0.05) is 18.2 Å². The van der Waals surface area contributed by atoms with Crippen molar-refractivity contribution >= 4 is 39.3 Å². The quantitative estimate of drug-likeness (QED) is 0.575. The molecule has 0 amide bonds. The third-order valence-electron chi connectivity index (χ3n) is 3.93. The molecular weight excluding hydrogens is 415 g/mol. The van der Waals surface area contributed by atoms with Crippen LogP contribution in [0, 0.1) is 14.9 Å². The summed E-state index contributed by atoms with van der Waals surface area (Å²) >= 11 is 2.20. The van der Waals surface area contributed by atoms with Crippen LogP contribution in [0.1, 0.15) is 11.6 Å². The molecule has 3 rings (SSSR count). The summed E-state index contributed by atoms with van der Waals surface area (Å²) in [7, 11) is 1.87. The Morgan fingerprint density at radius 2 is 1.96 bits per heavy atom. The molecule has 0 saturated heterocycles. The zero-order valence-corrected chi connectivity index (χ0v) is 15.2. The highest BCUT2D eigenvalue weighted by Gasteiger charge is 2.24. The standard InChI is InChI=1S/C19H15IN2O2/c1-22-17-5-3-2-4-13(17)10-18(22)16(11-21)19(23)12-24-15-8-6-14(20)7-9-15/h2-10,16H,12H2,1H3. The van der Waals surface area contributed by atoms with Crippen molar-refractivity contribution in [3.63, 3.8) is 0 Å². The number of nitriles is 1. The Labute approximate surface area is 153 Å². The molecule has 1 aromatic heterocycles. The Bertz CT molecular complexity index is 923. The van der Waals surface area contributed by atoms with Crippen LogP contribution >= 0.6 is 22.6 Å². The van der Waals surface area contributed by atoms with Crippen LogP contribution in [0.5, 0.6) is 5.75 Å². The molecule has 3 aromatic rings. The van der Waals surface area contributed by atoms with Gasteiger partial charge < -0.3 is 9.30 Å². The molecule has 120 valence electrons. The van der Waals surface area contributed by atoms with Crippen molar-refractivity contribution in [2.75, 3.05) is 6.61 Å². The normalized spacial score (nSPS) is 11.9. The molecule has 0 bridgehead atoms. The highest BCUT2D eigenvalue weighted by atomic mass is 127. The lowest BCUT2D eigenvalue weighted by molar-refractivity contribution is -0.121. The Balaban J connectivity index is 1.80. The van der Waals surface area contributed by atoms with E-state index in [1.165, 1.54) is 0 Å². The third-order valence-corrected chi connectivity index (χ3v) is 4.65. The predicted octanol–water partition coefficient (Wildman–Crippen LogP) is 4.04. The van der Waals surface area contributed by atoms with Gasteiger partial charge in [-0.25, -0.2) is 0 Å². The van der Waals surface area contributed by atoms with Crippen LogP contribution in [0.3, 0.4) is 0 Å². The van der Waals surface area contributed by atoms with Crippen LogP contribution in [-0.2, 0) is 11.8 Å². The second-order valence-electron chi connectivity index (χ2n) is 5.46. The largest absolute Gasteiger partial charge is 0.486 e. The number of aromatic nitrogens is 1. The Morgan fingerprint density at radius 3 is 2.62 bits per heavy atom. The van der Waals surface area contributed by atoms with Gasteiger partial charge in [0.15, 0.2) is 5.78 Å². The van der Waals surface area contributed by atoms with Gasteiger partial charge in [0, 0.05) is 21.8 Å². The molecule has 0 aliphatic rings. The molecule has 0 aliphatic heterocycles. The van der Waals surface area contributed by atoms with Gasteiger partial charge in [0.2, 0.25) is 0 Å². The molecule has 0 saturated carbocycles. The van der Waals surface area contributed by atoms with E-state index in [9.17, 15) is 10.1 Å². The van der Waals surface area contributed by atoms with Crippen molar-refractivity contribution in [1.29, 1.82) is 5.26 Å². The van der Waals surface area contributed by atoms with E-state index in [1.807, 2.05) is 66.2 Å². The Morgan fingerprint density at radius 1 is 1.25 bits per heavy atom. The summed E-state index contributed by atoms with van der Waals surface area (Å²) in [6.45, 7) is -0.125. The number of benzene rings is 2. The molecule has 1 atom stereocenters. The molecule has 1 unspecified atom stereocenters. The third kappa shape index (κ3) is 3.29. The molecule has 0 N–H and O–H groups in total. The average molecular weight is 430 g/mol. The number of hydrogen-bond donors (Lipinski definition) is 0. The maximum Gasteiger partial charge on any atom is 0.193 e. The number of fused-ring (bicyclic) bond motifs is 1. The number of ketones is 1. The number of carbonyl (C=O) groups is 1. The van der Waals surface area contributed by atoms with E-state index < -0.39 is 5.92 Å². The van der Waals surface area contributed by atoms with Crippen LogP contribution in [0.25, 0.3) is 10.9 Å². The summed E-state index contributed by atoms with van der Waals surface area (Å²) in [6, 6.07) is 19.3. The van der Waals surface area contributed by atoms with Crippen LogP contribution in [0.2, 0.25) is 0 Å². The number of halogens is 1. The fraction of sp³-hybridized carbons (Fsp3) is 0.158. The highest BCUT2D eigenvalue weighted by molar-refractivity contribution is 14.1. The van der Waals surface area contributed by atoms with Gasteiger partial charge in [0.25, 0.3) is 0 Å². The second kappa shape index (κ2) is 7.05. The zero-order valence-electron chi connectivity index (χ0n) is 13.1. The van der Waals surface area contributed by atoms with Gasteiger partial charge in [0.05, 0.1) is 6.07 Å². The molecule has 0 spiro atoms. The summed E-state index contributed by atoms with van der Waals surface area (Å²) in [4.78, 5) is 12.5. The Hall–Kier alpha value is -2.33. The summed E-state index contributed by atoms with van der Waals surface area (Å²) in [5.41, 5.74) is 1.69. The maximum atomic E-state index is 12.5. The first kappa shape index (κ1) is 16.5.